The van der Waals surface area contributed by atoms with Crippen molar-refractivity contribution in [3.8, 4) is 0 Å². The number of nitrogens with one attached hydrogen (secondary N) is 2. The normalized spacial score (nSPS) is 21.3. The first-order valence-electron chi connectivity index (χ1n) is 18.2. The highest BCUT2D eigenvalue weighted by molar-refractivity contribution is 5.92. The van der Waals surface area contributed by atoms with E-state index in [1.54, 1.807) is 37.6 Å². The number of amides is 4. The number of ether oxygens (including phenoxy) is 2. The Kier molecular flexibility index (Phi) is 14.6. The zero-order chi connectivity index (χ0) is 38.4. The third-order valence-electron chi connectivity index (χ3n) is 10.9. The topological polar surface area (TPSA) is 181 Å². The Labute approximate surface area is 303 Å². The van der Waals surface area contributed by atoms with E-state index in [0.717, 1.165) is 11.1 Å². The van der Waals surface area contributed by atoms with Gasteiger partial charge in [0.1, 0.15) is 12.1 Å². The summed E-state index contributed by atoms with van der Waals surface area (Å²) in [6.45, 7) is 13.0. The van der Waals surface area contributed by atoms with Gasteiger partial charge in [-0.1, -0.05) is 65.3 Å². The van der Waals surface area contributed by atoms with E-state index in [9.17, 15) is 29.1 Å². The van der Waals surface area contributed by atoms with Crippen LogP contribution in [0.4, 0.5) is 0 Å². The summed E-state index contributed by atoms with van der Waals surface area (Å²) in [4.78, 5) is 70.0. The highest BCUT2D eigenvalue weighted by Crippen LogP contribution is 2.38. The smallest absolute Gasteiger partial charge is 0.326 e. The molecule has 13 heteroatoms. The lowest BCUT2D eigenvalue weighted by Gasteiger charge is -2.41. The number of fused-ring (bicyclic) bond motifs is 1. The highest BCUT2D eigenvalue weighted by Gasteiger charge is 2.45. The molecule has 4 amide bonds. The van der Waals surface area contributed by atoms with Crippen LogP contribution in [0.2, 0.25) is 0 Å². The number of carboxylic acid groups (broad SMARTS) is 1. The molecule has 1 fully saturated rings. The monoisotopic (exact) mass is 715 g/mol. The van der Waals surface area contributed by atoms with E-state index in [2.05, 4.69) is 10.6 Å². The summed E-state index contributed by atoms with van der Waals surface area (Å²) in [6, 6.07) is 4.80. The average molecular weight is 716 g/mol. The number of aliphatic carboxylic acids is 1. The zero-order valence-electron chi connectivity index (χ0n) is 32.1. The third-order valence-corrected chi connectivity index (χ3v) is 10.9. The maximum atomic E-state index is 14.1. The number of nitrogens with two attached hydrogens (primary N) is 1. The summed E-state index contributed by atoms with van der Waals surface area (Å²) in [5.74, 6) is -3.84. The van der Waals surface area contributed by atoms with Gasteiger partial charge in [-0.3, -0.25) is 19.2 Å². The molecule has 1 aliphatic heterocycles. The molecule has 13 nitrogen and oxygen atoms in total. The van der Waals surface area contributed by atoms with E-state index in [0.29, 0.717) is 32.2 Å². The number of likely N-dealkylation sites (N-methyl/N-ethyl adjacent to an activating group) is 1. The predicted molar refractivity (Wildman–Crippen MR) is 194 cm³/mol. The first-order valence-corrected chi connectivity index (χ1v) is 18.2. The van der Waals surface area contributed by atoms with Crippen LogP contribution < -0.4 is 16.4 Å². The van der Waals surface area contributed by atoms with Gasteiger partial charge in [-0.15, -0.1) is 0 Å². The van der Waals surface area contributed by atoms with Gasteiger partial charge >= 0.3 is 5.97 Å². The molecule has 5 N–H and O–H groups in total. The number of carboxylic acids is 1. The van der Waals surface area contributed by atoms with Gasteiger partial charge in [0.15, 0.2) is 0 Å². The van der Waals surface area contributed by atoms with Gasteiger partial charge in [-0.05, 0) is 56.1 Å². The molecule has 0 aromatic heterocycles. The van der Waals surface area contributed by atoms with Crippen molar-refractivity contribution in [2.45, 2.75) is 128 Å². The molecule has 1 aliphatic carbocycles. The van der Waals surface area contributed by atoms with Crippen molar-refractivity contribution in [3.63, 3.8) is 0 Å². The molecular formula is C38H61N5O8. The first kappa shape index (κ1) is 41.9. The lowest BCUT2D eigenvalue weighted by molar-refractivity contribution is -0.148. The van der Waals surface area contributed by atoms with Gasteiger partial charge in [0.05, 0.1) is 42.2 Å². The Bertz CT molecular complexity index is 1400. The van der Waals surface area contributed by atoms with Crippen LogP contribution in [0.15, 0.2) is 24.3 Å². The molecule has 1 saturated heterocycles. The van der Waals surface area contributed by atoms with Gasteiger partial charge in [0, 0.05) is 33.7 Å². The summed E-state index contributed by atoms with van der Waals surface area (Å²) < 4.78 is 11.8. The number of methoxy groups -OCH3 is 2. The number of hydrogen-bond acceptors (Lipinski definition) is 8. The van der Waals surface area contributed by atoms with Crippen molar-refractivity contribution < 1.29 is 38.6 Å². The van der Waals surface area contributed by atoms with Crippen LogP contribution in [0.1, 0.15) is 91.2 Å². The lowest BCUT2D eigenvalue weighted by atomic mass is 9.73. The van der Waals surface area contributed by atoms with E-state index in [4.69, 9.17) is 15.2 Å². The Hall–Kier alpha value is -3.55. The summed E-state index contributed by atoms with van der Waals surface area (Å²) in [5.41, 5.74) is 6.84. The maximum Gasteiger partial charge on any atom is 0.326 e. The third kappa shape index (κ3) is 9.66. The van der Waals surface area contributed by atoms with E-state index in [1.165, 1.54) is 14.2 Å². The average Bonchev–Trinajstić information content (AvgIpc) is 3.55. The Morgan fingerprint density at radius 3 is 2.24 bits per heavy atom. The molecule has 0 bridgehead atoms. The molecule has 51 heavy (non-hydrogen) atoms. The van der Waals surface area contributed by atoms with E-state index < -0.39 is 65.6 Å². The standard InChI is InChI=1S/C38H61N5O8/c1-11-22(4)32(42(8)35(46)30(21(2)3)41-37(49)38(6,7)39)28(50-9)20-29(44)43-18-14-17-27(43)33(51-10)23(5)34(45)40-31(36(47)48)26-19-24-15-12-13-16-25(24)26/h12-13,15-16,21-23,26-28,30-33H,11,14,17-20,39H2,1-10H3,(H,40,45)(H,41,49)(H,47,48)/t22-,23+,26?,27?,28+,30-,31?,32-,33+/m0/s1. The largest absolute Gasteiger partial charge is 0.480 e. The van der Waals surface area contributed by atoms with Crippen LogP contribution in [-0.4, -0.2) is 114 Å². The second-order valence-electron chi connectivity index (χ2n) is 15.3. The van der Waals surface area contributed by atoms with E-state index in [1.807, 2.05) is 52.0 Å². The molecule has 286 valence electrons. The van der Waals surface area contributed by atoms with Gasteiger partial charge in [-0.25, -0.2) is 4.79 Å². The SMILES string of the molecule is CC[C@H](C)[C@@H]([C@@H](CC(=O)N1CCCC1[C@H](OC)[C@@H](C)C(=O)NC(C(=O)O)C1Cc2ccccc21)OC)N(C)C(=O)[C@@H](NC(=O)C(C)(C)N)C(C)C. The second kappa shape index (κ2) is 17.8. The quantitative estimate of drug-likeness (QED) is 0.178. The summed E-state index contributed by atoms with van der Waals surface area (Å²) in [7, 11) is 4.70. The summed E-state index contributed by atoms with van der Waals surface area (Å²) >= 11 is 0. The van der Waals surface area contributed by atoms with E-state index >= 15 is 0 Å². The van der Waals surface area contributed by atoms with Crippen LogP contribution in [0.3, 0.4) is 0 Å². The van der Waals surface area contributed by atoms with Gasteiger partial charge in [0.2, 0.25) is 23.6 Å². The number of benzene rings is 1. The van der Waals surface area contributed by atoms with Crippen molar-refractivity contribution in [1.29, 1.82) is 0 Å². The molecule has 9 atom stereocenters. The molecule has 0 radical (unpaired) electrons. The fourth-order valence-corrected chi connectivity index (χ4v) is 7.58. The van der Waals surface area contributed by atoms with Crippen LogP contribution >= 0.6 is 0 Å². The minimum atomic E-state index is -1.17. The highest BCUT2D eigenvalue weighted by atomic mass is 16.5. The van der Waals surface area contributed by atoms with Gasteiger partial charge in [-0.2, -0.15) is 0 Å². The zero-order valence-corrected chi connectivity index (χ0v) is 32.1. The second-order valence-corrected chi connectivity index (χ2v) is 15.3. The molecule has 2 aliphatic rings. The number of carbonyl (C=O) groups excluding carboxylic acids is 4. The number of nitrogens with zero attached hydrogens (tertiary/aromatic N) is 2. The fraction of sp³-hybridized carbons (Fsp3) is 0.711. The molecule has 0 spiro atoms. The molecule has 0 saturated carbocycles. The minimum absolute atomic E-state index is 0.0205. The molecule has 1 aromatic rings. The molecule has 3 unspecified atom stereocenters. The number of likely N-dealkylation sites (tertiary alicyclic amines) is 1. The Morgan fingerprint density at radius 1 is 1.06 bits per heavy atom. The predicted octanol–water partition coefficient (Wildman–Crippen LogP) is 2.69. The fourth-order valence-electron chi connectivity index (χ4n) is 7.58. The number of carbonyl (C=O) groups is 5. The Balaban J connectivity index is 1.77. The number of rotatable bonds is 18. The number of hydrogen-bond donors (Lipinski definition) is 4. The molecule has 3 rings (SSSR count). The summed E-state index contributed by atoms with van der Waals surface area (Å²) in [6.07, 6.45) is 1.22. The summed E-state index contributed by atoms with van der Waals surface area (Å²) in [5, 5.41) is 15.6. The van der Waals surface area contributed by atoms with Crippen molar-refractivity contribution in [2.75, 3.05) is 27.8 Å². The van der Waals surface area contributed by atoms with Gasteiger partial charge in [0.25, 0.3) is 0 Å². The van der Waals surface area contributed by atoms with E-state index in [-0.39, 0.29) is 36.0 Å². The van der Waals surface area contributed by atoms with Crippen molar-refractivity contribution in [3.05, 3.63) is 35.4 Å². The first-order chi connectivity index (χ1) is 23.9. The molecular weight excluding hydrogens is 654 g/mol. The van der Waals surface area contributed by atoms with Crippen LogP contribution in [0, 0.1) is 17.8 Å². The lowest BCUT2D eigenvalue weighted by Crippen LogP contribution is -2.60. The van der Waals surface area contributed by atoms with Crippen LogP contribution in [0.5, 0.6) is 0 Å². The van der Waals surface area contributed by atoms with Crippen molar-refractivity contribution >= 4 is 29.6 Å². The minimum Gasteiger partial charge on any atom is -0.480 e. The van der Waals surface area contributed by atoms with Gasteiger partial charge < -0.3 is 40.7 Å². The van der Waals surface area contributed by atoms with Crippen molar-refractivity contribution in [2.24, 2.45) is 23.5 Å². The molecule has 1 heterocycles. The van der Waals surface area contributed by atoms with Crippen LogP contribution in [-0.2, 0) is 39.9 Å². The van der Waals surface area contributed by atoms with Crippen LogP contribution in [0.25, 0.3) is 0 Å². The maximum absolute atomic E-state index is 14.1. The van der Waals surface area contributed by atoms with Crippen molar-refractivity contribution in [1.82, 2.24) is 20.4 Å². The molecule has 1 aromatic carbocycles. The Morgan fingerprint density at radius 2 is 1.71 bits per heavy atom.